The highest BCUT2D eigenvalue weighted by Gasteiger charge is 2.29. The molecule has 5 nitrogen and oxygen atoms in total. The molecule has 0 fully saturated rings. The van der Waals surface area contributed by atoms with E-state index in [1.54, 1.807) is 17.0 Å². The largest absolute Gasteiger partial charge is 0.303 e. The Morgan fingerprint density at radius 2 is 1.59 bits per heavy atom. The lowest BCUT2D eigenvalue weighted by Gasteiger charge is -2.18. The van der Waals surface area contributed by atoms with Gasteiger partial charge in [-0.3, -0.25) is 9.59 Å². The molecule has 0 bridgehead atoms. The molecule has 0 saturated carbocycles. The van der Waals surface area contributed by atoms with Gasteiger partial charge in [-0.25, -0.2) is 5.43 Å². The Hall–Kier alpha value is -4.25. The first-order chi connectivity index (χ1) is 16.4. The molecule has 4 aromatic rings. The maximum atomic E-state index is 13.0. The van der Waals surface area contributed by atoms with E-state index >= 15 is 0 Å². The van der Waals surface area contributed by atoms with Crippen molar-refractivity contribution >= 4 is 34.0 Å². The van der Waals surface area contributed by atoms with Gasteiger partial charge in [0.05, 0.1) is 17.9 Å². The second-order valence-corrected chi connectivity index (χ2v) is 8.71. The Balaban J connectivity index is 1.29. The van der Waals surface area contributed by atoms with Gasteiger partial charge in [-0.05, 0) is 78.7 Å². The fourth-order valence-corrected chi connectivity index (χ4v) is 4.31. The van der Waals surface area contributed by atoms with Gasteiger partial charge in [-0.1, -0.05) is 48.5 Å². The number of rotatable bonds is 5. The zero-order valence-corrected chi connectivity index (χ0v) is 19.4. The molecule has 1 aliphatic heterocycles. The Morgan fingerprint density at radius 1 is 0.882 bits per heavy atom. The van der Waals surface area contributed by atoms with Crippen LogP contribution in [0.5, 0.6) is 0 Å². The number of hydrogen-bond acceptors (Lipinski definition) is 3. The third-order valence-corrected chi connectivity index (χ3v) is 6.46. The summed E-state index contributed by atoms with van der Waals surface area (Å²) in [6.45, 7) is 6.44. The lowest BCUT2D eigenvalue weighted by molar-refractivity contribution is 0.0953. The molecule has 0 aromatic heterocycles. The van der Waals surface area contributed by atoms with E-state index in [4.69, 9.17) is 0 Å². The van der Waals surface area contributed by atoms with Crippen LogP contribution in [-0.4, -0.2) is 17.5 Å². The van der Waals surface area contributed by atoms with Crippen molar-refractivity contribution in [2.45, 2.75) is 27.3 Å². The monoisotopic (exact) mass is 447 g/mol. The Labute approximate surface area is 198 Å². The first kappa shape index (κ1) is 21.6. The van der Waals surface area contributed by atoms with Gasteiger partial charge in [0.2, 0.25) is 0 Å². The number of benzene rings is 4. The molecule has 168 valence electrons. The van der Waals surface area contributed by atoms with Crippen molar-refractivity contribution < 1.29 is 9.59 Å². The molecule has 5 heteroatoms. The van der Waals surface area contributed by atoms with Crippen molar-refractivity contribution in [3.05, 3.63) is 112 Å². The van der Waals surface area contributed by atoms with E-state index in [0.717, 1.165) is 38.9 Å². The van der Waals surface area contributed by atoms with E-state index < -0.39 is 0 Å². The summed E-state index contributed by atoms with van der Waals surface area (Å²) in [5, 5.41) is 6.33. The van der Waals surface area contributed by atoms with Gasteiger partial charge < -0.3 is 4.90 Å². The lowest BCUT2D eigenvalue weighted by Crippen LogP contribution is -2.26. The van der Waals surface area contributed by atoms with Crippen LogP contribution in [0.4, 0.5) is 5.69 Å². The topological polar surface area (TPSA) is 61.8 Å². The van der Waals surface area contributed by atoms with Crippen molar-refractivity contribution in [2.75, 3.05) is 4.90 Å². The normalized spacial score (nSPS) is 13.0. The van der Waals surface area contributed by atoms with Crippen LogP contribution in [0, 0.1) is 13.8 Å². The molecule has 2 amide bonds. The Morgan fingerprint density at radius 3 is 2.32 bits per heavy atom. The van der Waals surface area contributed by atoms with Crippen LogP contribution in [0.2, 0.25) is 0 Å². The molecular weight excluding hydrogens is 422 g/mol. The minimum absolute atomic E-state index is 0.00442. The summed E-state index contributed by atoms with van der Waals surface area (Å²) in [6, 6.07) is 25.2. The zero-order valence-electron chi connectivity index (χ0n) is 19.4. The van der Waals surface area contributed by atoms with Crippen LogP contribution in [0.3, 0.4) is 0 Å². The summed E-state index contributed by atoms with van der Waals surface area (Å²) in [4.78, 5) is 27.4. The standard InChI is InChI=1S/C29H25N3O2/c1-18-10-13-24(16-19(18)2)20(3)30-31-28(33)23-14-11-21(12-15-23)17-32-26-9-5-7-22-6-4-8-25(27(22)26)29(32)34/h4-16H,17H2,1-3H3,(H,31,33). The summed E-state index contributed by atoms with van der Waals surface area (Å²) in [5.41, 5.74) is 9.89. The summed E-state index contributed by atoms with van der Waals surface area (Å²) in [6.07, 6.45) is 0. The van der Waals surface area contributed by atoms with Gasteiger partial charge in [0.25, 0.3) is 11.8 Å². The van der Waals surface area contributed by atoms with E-state index in [1.807, 2.05) is 67.6 Å². The maximum Gasteiger partial charge on any atom is 0.271 e. The molecule has 1 N–H and O–H groups in total. The highest BCUT2D eigenvalue weighted by Crippen LogP contribution is 2.37. The van der Waals surface area contributed by atoms with E-state index in [-0.39, 0.29) is 11.8 Å². The molecule has 0 radical (unpaired) electrons. The number of nitrogens with zero attached hydrogens (tertiary/aromatic N) is 2. The summed E-state index contributed by atoms with van der Waals surface area (Å²) in [7, 11) is 0. The van der Waals surface area contributed by atoms with E-state index in [9.17, 15) is 9.59 Å². The molecule has 5 rings (SSSR count). The molecule has 0 atom stereocenters. The number of hydrogen-bond donors (Lipinski definition) is 1. The fraction of sp³-hybridized carbons (Fsp3) is 0.138. The maximum absolute atomic E-state index is 13.0. The number of anilines is 1. The molecule has 0 spiro atoms. The van der Waals surface area contributed by atoms with Gasteiger partial charge in [0, 0.05) is 16.5 Å². The fourth-order valence-electron chi connectivity index (χ4n) is 4.31. The molecule has 1 aliphatic rings. The van der Waals surface area contributed by atoms with Gasteiger partial charge in [-0.15, -0.1) is 0 Å². The highest BCUT2D eigenvalue weighted by molar-refractivity contribution is 6.24. The van der Waals surface area contributed by atoms with E-state index in [0.29, 0.717) is 12.1 Å². The van der Waals surface area contributed by atoms with Crippen LogP contribution in [0.25, 0.3) is 10.8 Å². The van der Waals surface area contributed by atoms with Gasteiger partial charge >= 0.3 is 0 Å². The molecule has 34 heavy (non-hydrogen) atoms. The van der Waals surface area contributed by atoms with Gasteiger partial charge in [-0.2, -0.15) is 5.10 Å². The van der Waals surface area contributed by atoms with Crippen molar-refractivity contribution in [1.29, 1.82) is 0 Å². The average molecular weight is 448 g/mol. The predicted molar refractivity (Wildman–Crippen MR) is 136 cm³/mol. The first-order valence-corrected chi connectivity index (χ1v) is 11.3. The zero-order chi connectivity index (χ0) is 23.8. The molecule has 4 aromatic carbocycles. The smallest absolute Gasteiger partial charge is 0.271 e. The SMILES string of the molecule is CC(=NNC(=O)c1ccc(CN2C(=O)c3cccc4cccc2c34)cc1)c1ccc(C)c(C)c1. The minimum Gasteiger partial charge on any atom is -0.303 e. The number of aryl methyl sites for hydroxylation is 2. The second kappa shape index (κ2) is 8.60. The average Bonchev–Trinajstić information content (AvgIpc) is 3.12. The van der Waals surface area contributed by atoms with Crippen LogP contribution in [-0.2, 0) is 6.54 Å². The number of nitrogens with one attached hydrogen (secondary N) is 1. The van der Waals surface area contributed by atoms with Crippen LogP contribution in [0.1, 0.15) is 49.9 Å². The Bertz CT molecular complexity index is 1460. The van der Waals surface area contributed by atoms with E-state index in [1.165, 1.54) is 11.1 Å². The van der Waals surface area contributed by atoms with Crippen LogP contribution in [0.15, 0.2) is 84.0 Å². The van der Waals surface area contributed by atoms with Crippen LogP contribution < -0.4 is 10.3 Å². The molecule has 0 unspecified atom stereocenters. The summed E-state index contributed by atoms with van der Waals surface area (Å²) >= 11 is 0. The number of hydrazone groups is 1. The molecule has 0 saturated heterocycles. The lowest BCUT2D eigenvalue weighted by atomic mass is 10.0. The second-order valence-electron chi connectivity index (χ2n) is 8.71. The van der Waals surface area contributed by atoms with Crippen molar-refractivity contribution in [1.82, 2.24) is 5.43 Å². The number of amides is 2. The van der Waals surface area contributed by atoms with Crippen molar-refractivity contribution in [2.24, 2.45) is 5.10 Å². The summed E-state index contributed by atoms with van der Waals surface area (Å²) < 4.78 is 0. The van der Waals surface area contributed by atoms with Gasteiger partial charge in [0.1, 0.15) is 0 Å². The first-order valence-electron chi connectivity index (χ1n) is 11.3. The quantitative estimate of drug-likeness (QED) is 0.312. The molecular formula is C29H25N3O2. The Kier molecular flexibility index (Phi) is 5.46. The molecule has 0 aliphatic carbocycles. The third kappa shape index (κ3) is 3.86. The van der Waals surface area contributed by atoms with E-state index in [2.05, 4.69) is 30.4 Å². The number of carbonyl (C=O) groups excluding carboxylic acids is 2. The third-order valence-electron chi connectivity index (χ3n) is 6.46. The van der Waals surface area contributed by atoms with Crippen molar-refractivity contribution in [3.63, 3.8) is 0 Å². The van der Waals surface area contributed by atoms with Gasteiger partial charge in [0.15, 0.2) is 0 Å². The number of carbonyl (C=O) groups is 2. The summed E-state index contributed by atoms with van der Waals surface area (Å²) in [5.74, 6) is -0.270. The predicted octanol–water partition coefficient (Wildman–Crippen LogP) is 5.77. The van der Waals surface area contributed by atoms with Crippen LogP contribution >= 0.6 is 0 Å². The van der Waals surface area contributed by atoms with Crippen molar-refractivity contribution in [3.8, 4) is 0 Å². The minimum atomic E-state index is -0.274. The molecule has 1 heterocycles. The highest BCUT2D eigenvalue weighted by atomic mass is 16.2.